The molecule has 1 heterocycles. The first-order chi connectivity index (χ1) is 27.3. The molecule has 1 unspecified atom stereocenters. The van der Waals surface area contributed by atoms with Gasteiger partial charge in [-0.15, -0.1) is 0 Å². The summed E-state index contributed by atoms with van der Waals surface area (Å²) in [7, 11) is 3.16. The Balaban J connectivity index is 2.69. The molecular formula is C50H73GeO8P. The molecule has 0 amide bonds. The van der Waals surface area contributed by atoms with Gasteiger partial charge in [-0.05, 0) is 0 Å². The van der Waals surface area contributed by atoms with Gasteiger partial charge in [0.2, 0.25) is 0 Å². The van der Waals surface area contributed by atoms with Crippen molar-refractivity contribution in [2.24, 2.45) is 0 Å². The molecule has 330 valence electrons. The number of carbonyl (C=O) groups is 4. The molecule has 0 radical (unpaired) electrons. The number of methoxy groups -OCH3 is 4. The topological polar surface area (TPSA) is 105 Å². The zero-order chi connectivity index (χ0) is 46.2. The first-order valence-corrected chi connectivity index (χ1v) is 26.9. The zero-order valence-corrected chi connectivity index (χ0v) is 43.7. The van der Waals surface area contributed by atoms with Gasteiger partial charge in [0.15, 0.2) is 0 Å². The maximum atomic E-state index is 15.5. The van der Waals surface area contributed by atoms with Crippen LogP contribution in [0.2, 0.25) is 4.25 Å². The fraction of sp³-hybridized carbons (Fsp3) is 0.600. The zero-order valence-electron chi connectivity index (χ0n) is 40.8. The van der Waals surface area contributed by atoms with Crippen molar-refractivity contribution in [3.8, 4) is 0 Å². The van der Waals surface area contributed by atoms with Gasteiger partial charge in [0.1, 0.15) is 0 Å². The van der Waals surface area contributed by atoms with Gasteiger partial charge in [-0.2, -0.15) is 0 Å². The monoisotopic (exact) mass is 906 g/mol. The van der Waals surface area contributed by atoms with Gasteiger partial charge in [0.25, 0.3) is 0 Å². The molecular weight excluding hydrogens is 832 g/mol. The first kappa shape index (κ1) is 49.4. The van der Waals surface area contributed by atoms with Crippen LogP contribution >= 0.6 is 7.92 Å². The Kier molecular flexibility index (Phi) is 13.6. The van der Waals surface area contributed by atoms with Crippen LogP contribution in [-0.4, -0.2) is 69.6 Å². The van der Waals surface area contributed by atoms with E-state index in [9.17, 15) is 9.59 Å². The summed E-state index contributed by atoms with van der Waals surface area (Å²) in [5, 5.41) is 1.07. The van der Waals surface area contributed by atoms with Gasteiger partial charge >= 0.3 is 367 Å². The molecule has 4 rings (SSSR count). The van der Waals surface area contributed by atoms with Crippen molar-refractivity contribution in [3.05, 3.63) is 78.5 Å². The second kappa shape index (κ2) is 16.5. The Morgan fingerprint density at radius 1 is 0.550 bits per heavy atom. The van der Waals surface area contributed by atoms with Crippen molar-refractivity contribution in [1.82, 2.24) is 0 Å². The number of hydrogen-bond acceptors (Lipinski definition) is 8. The number of rotatable bonds is 9. The second-order valence-electron chi connectivity index (χ2n) is 21.7. The van der Waals surface area contributed by atoms with E-state index in [4.69, 9.17) is 18.9 Å². The van der Waals surface area contributed by atoms with Crippen LogP contribution in [0.4, 0.5) is 0 Å². The molecule has 8 nitrogen and oxygen atoms in total. The molecule has 10 heteroatoms. The van der Waals surface area contributed by atoms with Crippen LogP contribution in [0.1, 0.15) is 176 Å². The summed E-state index contributed by atoms with van der Waals surface area (Å²) in [4.78, 5) is 60.6. The van der Waals surface area contributed by atoms with Crippen molar-refractivity contribution >= 4 is 54.8 Å². The summed E-state index contributed by atoms with van der Waals surface area (Å²) < 4.78 is 22.1. The Morgan fingerprint density at radius 2 is 0.933 bits per heavy atom. The van der Waals surface area contributed by atoms with E-state index >= 15 is 9.59 Å². The van der Waals surface area contributed by atoms with E-state index in [1.807, 2.05) is 0 Å². The third-order valence-electron chi connectivity index (χ3n) is 12.6. The van der Waals surface area contributed by atoms with E-state index in [1.165, 1.54) is 28.4 Å². The first-order valence-electron chi connectivity index (χ1n) is 21.3. The van der Waals surface area contributed by atoms with E-state index in [1.54, 1.807) is 0 Å². The SMILES string of the molecule is COC(=O)C1=[C](C(=O)OC)[Ge@@]([c]2c(C(C)C)cc(C(C)C)cc2C(C)C)([C](C)(C)C)[C]2(C(C(=O)OC)=C2C(=O)OC)P1c1c(C(C)(C)C)cc(C(C)(C)C)cc1C(C)(C)C. The fourth-order valence-electron chi connectivity index (χ4n) is 9.74. The molecule has 2 aromatic rings. The number of ether oxygens (including phenoxy) is 4. The van der Waals surface area contributed by atoms with Crippen molar-refractivity contribution in [2.75, 3.05) is 28.4 Å². The Bertz CT molecular complexity index is 2070. The number of carbonyl (C=O) groups excluding carboxylic acids is 4. The van der Waals surface area contributed by atoms with Crippen molar-refractivity contribution in [3.63, 3.8) is 0 Å². The van der Waals surface area contributed by atoms with E-state index < -0.39 is 64.1 Å². The van der Waals surface area contributed by atoms with Crippen LogP contribution in [0.25, 0.3) is 0 Å². The third-order valence-corrected chi connectivity index (χ3v) is 32.5. The standard InChI is InChI=1S/C50H73GeO8P/c1-27(2)30-23-32(28(3)4)38(33(24-30)29(5)6)51(49(16,17)18)39(44(54)58-21)41(45(55)59-22)60(50(51)36(42(52)56-19)37(50)43(53)57-20)40-34(47(10,11)12)25-31(46(7,8)9)26-35(40)48(13,14)15/h23-29H,1-22H3/t51-,60?/m0/s1. The molecule has 2 atom stereocenters. The van der Waals surface area contributed by atoms with E-state index in [0.717, 1.165) is 43.1 Å². The molecule has 2 aliphatic rings. The van der Waals surface area contributed by atoms with Crippen LogP contribution in [0.15, 0.2) is 45.1 Å². The summed E-state index contributed by atoms with van der Waals surface area (Å²) in [5.41, 5.74) is 5.40. The van der Waals surface area contributed by atoms with E-state index in [0.29, 0.717) is 0 Å². The van der Waals surface area contributed by atoms with Gasteiger partial charge in [0, 0.05) is 0 Å². The number of benzene rings is 2. The molecule has 2 aromatic carbocycles. The molecule has 1 aliphatic carbocycles. The second-order valence-corrected chi connectivity index (χ2v) is 34.8. The van der Waals surface area contributed by atoms with Gasteiger partial charge in [0.05, 0.1) is 0 Å². The summed E-state index contributed by atoms with van der Waals surface area (Å²) in [6, 6.07) is 9.00. The van der Waals surface area contributed by atoms with Crippen molar-refractivity contribution in [2.45, 2.75) is 167 Å². The van der Waals surface area contributed by atoms with Gasteiger partial charge in [-0.3, -0.25) is 0 Å². The molecule has 60 heavy (non-hydrogen) atoms. The predicted octanol–water partition coefficient (Wildman–Crippen LogP) is 10.3. The van der Waals surface area contributed by atoms with Crippen molar-refractivity contribution in [1.29, 1.82) is 0 Å². The Morgan fingerprint density at radius 3 is 1.22 bits per heavy atom. The minimum atomic E-state index is -5.17. The number of hydrogen-bond donors (Lipinski definition) is 0. The normalized spacial score (nSPS) is 19.4. The molecule has 0 fully saturated rings. The van der Waals surface area contributed by atoms with Gasteiger partial charge in [-0.1, -0.05) is 0 Å². The molecule has 0 N–H and O–H groups in total. The van der Waals surface area contributed by atoms with Gasteiger partial charge < -0.3 is 0 Å². The van der Waals surface area contributed by atoms with E-state index in [-0.39, 0.29) is 44.0 Å². The minimum absolute atomic E-state index is 0.0475. The quantitative estimate of drug-likeness (QED) is 0.106. The van der Waals surface area contributed by atoms with Crippen LogP contribution in [0.5, 0.6) is 0 Å². The predicted molar refractivity (Wildman–Crippen MR) is 248 cm³/mol. The summed E-state index contributed by atoms with van der Waals surface area (Å²) in [6.07, 6.45) is 0. The Labute approximate surface area is 365 Å². The third kappa shape index (κ3) is 7.56. The fourth-order valence-corrected chi connectivity index (χ4v) is 36.6. The summed E-state index contributed by atoms with van der Waals surface area (Å²) >= 11 is -5.17. The average molecular weight is 906 g/mol. The van der Waals surface area contributed by atoms with Gasteiger partial charge in [-0.25, -0.2) is 0 Å². The van der Waals surface area contributed by atoms with Crippen LogP contribution in [0, 0.1) is 0 Å². The average Bonchev–Trinajstić information content (AvgIpc) is 3.73. The molecule has 0 aromatic heterocycles. The Hall–Kier alpha value is -3.23. The molecule has 0 saturated heterocycles. The molecule has 0 saturated carbocycles. The van der Waals surface area contributed by atoms with Crippen LogP contribution in [-0.2, 0) is 54.4 Å². The summed E-state index contributed by atoms with van der Waals surface area (Å²) in [6.45, 7) is 38.8. The number of esters is 4. The molecule has 0 bridgehead atoms. The van der Waals surface area contributed by atoms with Crippen LogP contribution < -0.4 is 9.70 Å². The maximum absolute atomic E-state index is 15.5. The van der Waals surface area contributed by atoms with E-state index in [2.05, 4.69) is 149 Å². The molecule has 1 aliphatic heterocycles. The molecule has 1 spiro atoms. The summed E-state index contributed by atoms with van der Waals surface area (Å²) in [5.74, 6) is -2.57. The van der Waals surface area contributed by atoms with Crippen molar-refractivity contribution < 1.29 is 38.1 Å². The van der Waals surface area contributed by atoms with Crippen LogP contribution in [0.3, 0.4) is 0 Å².